The summed E-state index contributed by atoms with van der Waals surface area (Å²) in [6.07, 6.45) is -0.209. The van der Waals surface area contributed by atoms with E-state index < -0.39 is 17.6 Å². The Labute approximate surface area is 177 Å². The highest BCUT2D eigenvalue weighted by molar-refractivity contribution is 6.03. The summed E-state index contributed by atoms with van der Waals surface area (Å²) in [4.78, 5) is 18.5. The first-order valence-electron chi connectivity index (χ1n) is 9.78. The first kappa shape index (κ1) is 20.9. The van der Waals surface area contributed by atoms with E-state index in [0.29, 0.717) is 43.1 Å². The third-order valence-electron chi connectivity index (χ3n) is 5.02. The van der Waals surface area contributed by atoms with Crippen molar-refractivity contribution >= 4 is 34.3 Å². The Morgan fingerprint density at radius 1 is 1.10 bits per heavy atom. The number of carbonyl (C=O) groups is 1. The number of nitrogens with zero attached hydrogens (tertiary/aromatic N) is 2. The number of anilines is 2. The molecule has 8 heteroatoms. The molecule has 1 saturated heterocycles. The molecule has 4 rings (SSSR count). The maximum Gasteiger partial charge on any atom is 0.418 e. The second kappa shape index (κ2) is 8.77. The van der Waals surface area contributed by atoms with Crippen molar-refractivity contribution in [3.63, 3.8) is 0 Å². The zero-order valence-corrected chi connectivity index (χ0v) is 16.5. The molecule has 0 bridgehead atoms. The van der Waals surface area contributed by atoms with Crippen molar-refractivity contribution in [2.24, 2.45) is 0 Å². The van der Waals surface area contributed by atoms with Crippen LogP contribution >= 0.6 is 0 Å². The van der Waals surface area contributed by atoms with Crippen LogP contribution in [0.2, 0.25) is 0 Å². The number of halogens is 3. The molecule has 160 valence electrons. The van der Waals surface area contributed by atoms with E-state index in [2.05, 4.69) is 10.3 Å². The molecule has 1 aromatic heterocycles. The molecule has 1 fully saturated rings. The van der Waals surface area contributed by atoms with Gasteiger partial charge in [0.1, 0.15) is 0 Å². The summed E-state index contributed by atoms with van der Waals surface area (Å²) >= 11 is 0. The third kappa shape index (κ3) is 4.86. The van der Waals surface area contributed by atoms with Gasteiger partial charge in [0, 0.05) is 42.0 Å². The molecule has 1 amide bonds. The lowest BCUT2D eigenvalue weighted by molar-refractivity contribution is -0.136. The number of hydrogen-bond donors (Lipinski definition) is 1. The van der Waals surface area contributed by atoms with Crippen molar-refractivity contribution in [1.29, 1.82) is 0 Å². The normalized spacial score (nSPS) is 14.9. The molecule has 5 nitrogen and oxygen atoms in total. The van der Waals surface area contributed by atoms with E-state index >= 15 is 0 Å². The summed E-state index contributed by atoms with van der Waals surface area (Å²) in [6.45, 7) is 1.97. The fourth-order valence-electron chi connectivity index (χ4n) is 3.50. The highest BCUT2D eigenvalue weighted by atomic mass is 19.4. The average Bonchev–Trinajstić information content (AvgIpc) is 2.78. The predicted molar refractivity (Wildman–Crippen MR) is 114 cm³/mol. The summed E-state index contributed by atoms with van der Waals surface area (Å²) in [5.74, 6) is -0.655. The summed E-state index contributed by atoms with van der Waals surface area (Å²) in [7, 11) is 0. The molecule has 0 saturated carbocycles. The lowest BCUT2D eigenvalue weighted by Crippen LogP contribution is -2.36. The number of hydrogen-bond acceptors (Lipinski definition) is 4. The van der Waals surface area contributed by atoms with Gasteiger partial charge in [-0.15, -0.1) is 0 Å². The summed E-state index contributed by atoms with van der Waals surface area (Å²) in [5, 5.41) is 3.26. The summed E-state index contributed by atoms with van der Waals surface area (Å²) in [5.41, 5.74) is 0.693. The van der Waals surface area contributed by atoms with E-state index in [4.69, 9.17) is 4.74 Å². The SMILES string of the molecule is O=C(/C=C/c1cccc2cccnc12)Nc1ccc(N2CCOCC2)cc1C(F)(F)F. The smallest absolute Gasteiger partial charge is 0.378 e. The first-order valence-corrected chi connectivity index (χ1v) is 9.78. The standard InChI is InChI=1S/C23H20F3N3O2/c24-23(25,26)19-15-18(29-11-13-31-14-12-29)7-8-20(19)28-21(30)9-6-17-4-1-3-16-5-2-10-27-22(16)17/h1-10,15H,11-14H2,(H,28,30)/b9-6+. The van der Waals surface area contributed by atoms with Crippen LogP contribution in [0.4, 0.5) is 24.5 Å². The minimum Gasteiger partial charge on any atom is -0.378 e. The lowest BCUT2D eigenvalue weighted by Gasteiger charge is -2.29. The van der Waals surface area contributed by atoms with Crippen LogP contribution < -0.4 is 10.2 Å². The summed E-state index contributed by atoms with van der Waals surface area (Å²) < 4.78 is 46.2. The van der Waals surface area contributed by atoms with E-state index in [0.717, 1.165) is 11.5 Å². The first-order chi connectivity index (χ1) is 14.9. The highest BCUT2D eigenvalue weighted by Crippen LogP contribution is 2.37. The molecule has 0 atom stereocenters. The van der Waals surface area contributed by atoms with Crippen LogP contribution in [0.3, 0.4) is 0 Å². The number of morpholine rings is 1. The van der Waals surface area contributed by atoms with Crippen molar-refractivity contribution in [3.05, 3.63) is 71.9 Å². The summed E-state index contributed by atoms with van der Waals surface area (Å²) in [6, 6.07) is 13.1. The molecule has 1 aliphatic rings. The number of amides is 1. The number of benzene rings is 2. The molecule has 0 unspecified atom stereocenters. The van der Waals surface area contributed by atoms with Crippen LogP contribution in [0, 0.1) is 0 Å². The second-order valence-corrected chi connectivity index (χ2v) is 7.07. The molecule has 0 radical (unpaired) electrons. The molecule has 3 aromatic rings. The number of pyridine rings is 1. The Morgan fingerprint density at radius 2 is 1.87 bits per heavy atom. The van der Waals surface area contributed by atoms with E-state index in [9.17, 15) is 18.0 Å². The van der Waals surface area contributed by atoms with E-state index in [1.54, 1.807) is 24.4 Å². The fourth-order valence-corrected chi connectivity index (χ4v) is 3.50. The van der Waals surface area contributed by atoms with Gasteiger partial charge < -0.3 is 15.0 Å². The van der Waals surface area contributed by atoms with Crippen molar-refractivity contribution in [1.82, 2.24) is 4.98 Å². The molecule has 1 N–H and O–H groups in total. The molecule has 0 aliphatic carbocycles. The van der Waals surface area contributed by atoms with Gasteiger partial charge in [-0.05, 0) is 30.3 Å². The molecular formula is C23H20F3N3O2. The quantitative estimate of drug-likeness (QED) is 0.611. The Kier molecular flexibility index (Phi) is 5.90. The number of ether oxygens (including phenoxy) is 1. The Morgan fingerprint density at radius 3 is 2.65 bits per heavy atom. The van der Waals surface area contributed by atoms with Crippen LogP contribution in [-0.2, 0) is 15.7 Å². The molecule has 31 heavy (non-hydrogen) atoms. The number of carbonyl (C=O) groups excluding carboxylic acids is 1. The van der Waals surface area contributed by atoms with Gasteiger partial charge in [-0.1, -0.05) is 24.3 Å². The van der Waals surface area contributed by atoms with Gasteiger partial charge in [0.25, 0.3) is 0 Å². The van der Waals surface area contributed by atoms with Crippen molar-refractivity contribution in [2.45, 2.75) is 6.18 Å². The van der Waals surface area contributed by atoms with Crippen LogP contribution in [0.25, 0.3) is 17.0 Å². The Bertz CT molecular complexity index is 1120. The van der Waals surface area contributed by atoms with Crippen molar-refractivity contribution in [3.8, 4) is 0 Å². The maximum atomic E-state index is 13.7. The van der Waals surface area contributed by atoms with Gasteiger partial charge in [-0.3, -0.25) is 9.78 Å². The zero-order valence-electron chi connectivity index (χ0n) is 16.5. The molecule has 2 aromatic carbocycles. The van der Waals surface area contributed by atoms with E-state index in [1.165, 1.54) is 12.1 Å². The molecule has 2 heterocycles. The van der Waals surface area contributed by atoms with Crippen LogP contribution in [0.5, 0.6) is 0 Å². The average molecular weight is 427 g/mol. The second-order valence-electron chi connectivity index (χ2n) is 7.07. The lowest BCUT2D eigenvalue weighted by atomic mass is 10.1. The van der Waals surface area contributed by atoms with E-state index in [1.807, 2.05) is 29.2 Å². The van der Waals surface area contributed by atoms with Gasteiger partial charge in [0.15, 0.2) is 0 Å². The van der Waals surface area contributed by atoms with Crippen molar-refractivity contribution < 1.29 is 22.7 Å². The largest absolute Gasteiger partial charge is 0.418 e. The maximum absolute atomic E-state index is 13.7. The molecule has 1 aliphatic heterocycles. The third-order valence-corrected chi connectivity index (χ3v) is 5.02. The minimum atomic E-state index is -4.60. The van der Waals surface area contributed by atoms with Crippen LogP contribution in [0.15, 0.2) is 60.8 Å². The van der Waals surface area contributed by atoms with Gasteiger partial charge in [0.05, 0.1) is 30.0 Å². The number of fused-ring (bicyclic) bond motifs is 1. The minimum absolute atomic E-state index is 0.282. The topological polar surface area (TPSA) is 54.5 Å². The Hall–Kier alpha value is -3.39. The number of alkyl halides is 3. The number of nitrogens with one attached hydrogen (secondary N) is 1. The van der Waals surface area contributed by atoms with Gasteiger partial charge in [-0.2, -0.15) is 13.2 Å². The Balaban J connectivity index is 1.56. The molecular weight excluding hydrogens is 407 g/mol. The van der Waals surface area contributed by atoms with E-state index in [-0.39, 0.29) is 5.69 Å². The number of para-hydroxylation sites is 1. The van der Waals surface area contributed by atoms with Gasteiger partial charge >= 0.3 is 6.18 Å². The number of aromatic nitrogens is 1. The molecule has 0 spiro atoms. The zero-order chi connectivity index (χ0) is 21.8. The number of rotatable bonds is 4. The van der Waals surface area contributed by atoms with Gasteiger partial charge in [0.2, 0.25) is 5.91 Å². The van der Waals surface area contributed by atoms with Crippen molar-refractivity contribution in [2.75, 3.05) is 36.5 Å². The van der Waals surface area contributed by atoms with Crippen LogP contribution in [-0.4, -0.2) is 37.2 Å². The fraction of sp³-hybridized carbons (Fsp3) is 0.217. The monoisotopic (exact) mass is 427 g/mol. The van der Waals surface area contributed by atoms with Gasteiger partial charge in [-0.25, -0.2) is 0 Å². The predicted octanol–water partition coefficient (Wildman–Crippen LogP) is 4.74. The highest BCUT2D eigenvalue weighted by Gasteiger charge is 2.34. The van der Waals surface area contributed by atoms with Crippen LogP contribution in [0.1, 0.15) is 11.1 Å².